The topological polar surface area (TPSA) is 124 Å². The van der Waals surface area contributed by atoms with Gasteiger partial charge in [-0.25, -0.2) is 14.8 Å². The van der Waals surface area contributed by atoms with Crippen LogP contribution in [-0.4, -0.2) is 82.9 Å². The van der Waals surface area contributed by atoms with Crippen LogP contribution in [0.25, 0.3) is 5.95 Å². The molecule has 0 saturated carbocycles. The number of nitrogens with one attached hydrogen (secondary N) is 1. The maximum atomic E-state index is 13.1. The number of carbonyl (C=O) groups excluding carboxylic acids is 2. The zero-order chi connectivity index (χ0) is 28.5. The van der Waals surface area contributed by atoms with Crippen LogP contribution in [0, 0.1) is 0 Å². The summed E-state index contributed by atoms with van der Waals surface area (Å²) in [4.78, 5) is 42.6. The summed E-state index contributed by atoms with van der Waals surface area (Å²) in [5.74, 6) is 1.96. The van der Waals surface area contributed by atoms with Gasteiger partial charge in [0.1, 0.15) is 17.3 Å². The molecule has 2 aromatic heterocycles. The molecule has 1 saturated heterocycles. The number of unbranched alkanes of at least 4 members (excludes halogenated alkanes) is 1. The third-order valence-electron chi connectivity index (χ3n) is 6.53. The molecule has 1 aliphatic heterocycles. The third kappa shape index (κ3) is 7.32. The number of ether oxygens (including phenoxy) is 3. The van der Waals surface area contributed by atoms with Gasteiger partial charge >= 0.3 is 6.09 Å². The second-order valence-electron chi connectivity index (χ2n) is 9.25. The molecule has 0 radical (unpaired) electrons. The maximum Gasteiger partial charge on any atom is 0.410 e. The number of hydrogen-bond donors (Lipinski definition) is 1. The van der Waals surface area contributed by atoms with Crippen molar-refractivity contribution in [3.05, 3.63) is 53.7 Å². The predicted molar refractivity (Wildman–Crippen MR) is 149 cm³/mol. The van der Waals surface area contributed by atoms with Gasteiger partial charge in [-0.05, 0) is 24.1 Å². The molecular weight excluding hydrogens is 538 g/mol. The Labute approximate surface area is 238 Å². The molecule has 13 heteroatoms. The Hall–Kier alpha value is -4.06. The molecule has 214 valence electrons. The molecule has 3 aromatic rings. The molecule has 4 rings (SSSR count). The highest BCUT2D eigenvalue weighted by Crippen LogP contribution is 2.28. The lowest BCUT2D eigenvalue weighted by Gasteiger charge is -2.41. The van der Waals surface area contributed by atoms with Crippen molar-refractivity contribution in [1.82, 2.24) is 29.7 Å². The van der Waals surface area contributed by atoms with Crippen LogP contribution in [-0.2, 0) is 16.1 Å². The number of nitrogens with zero attached hydrogens (tertiary/aromatic N) is 6. The molecule has 3 heterocycles. The average molecular weight is 572 g/mol. The number of aromatic nitrogens is 4. The van der Waals surface area contributed by atoms with Gasteiger partial charge < -0.3 is 29.3 Å². The van der Waals surface area contributed by atoms with E-state index in [0.717, 1.165) is 18.4 Å². The number of piperazine rings is 1. The number of hydrogen-bond acceptors (Lipinski definition) is 9. The summed E-state index contributed by atoms with van der Waals surface area (Å²) in [6.45, 7) is 3.88. The lowest BCUT2D eigenvalue weighted by Crippen LogP contribution is -2.56. The largest absolute Gasteiger partial charge is 0.493 e. The lowest BCUT2D eigenvalue weighted by molar-refractivity contribution is -0.122. The Balaban J connectivity index is 1.47. The van der Waals surface area contributed by atoms with Crippen molar-refractivity contribution in [2.24, 2.45) is 0 Å². The molecule has 0 aliphatic carbocycles. The Morgan fingerprint density at radius 2 is 1.95 bits per heavy atom. The van der Waals surface area contributed by atoms with Gasteiger partial charge in [-0.2, -0.15) is 4.98 Å². The molecule has 1 N–H and O–H groups in total. The van der Waals surface area contributed by atoms with E-state index in [4.69, 9.17) is 25.8 Å². The van der Waals surface area contributed by atoms with Crippen LogP contribution < -0.4 is 19.7 Å². The Bertz CT molecular complexity index is 1290. The van der Waals surface area contributed by atoms with E-state index in [2.05, 4.69) is 20.3 Å². The summed E-state index contributed by atoms with van der Waals surface area (Å²) in [6.07, 6.45) is 6.29. The van der Waals surface area contributed by atoms with E-state index < -0.39 is 12.1 Å². The quantitative estimate of drug-likeness (QED) is 0.272. The first-order valence-electron chi connectivity index (χ1n) is 13.1. The van der Waals surface area contributed by atoms with E-state index in [9.17, 15) is 9.59 Å². The molecule has 0 spiro atoms. The van der Waals surface area contributed by atoms with Crippen molar-refractivity contribution >= 4 is 29.4 Å². The maximum absolute atomic E-state index is 13.1. The van der Waals surface area contributed by atoms with Gasteiger partial charge in [-0.1, -0.05) is 31.0 Å². The number of methoxy groups -OCH3 is 2. The van der Waals surface area contributed by atoms with Crippen molar-refractivity contribution in [2.75, 3.05) is 45.4 Å². The molecule has 1 atom stereocenters. The summed E-state index contributed by atoms with van der Waals surface area (Å²) >= 11 is 6.32. The molecule has 1 aromatic carbocycles. The summed E-state index contributed by atoms with van der Waals surface area (Å²) in [6, 6.07) is 6.69. The van der Waals surface area contributed by atoms with Crippen LogP contribution in [0.2, 0.25) is 5.15 Å². The van der Waals surface area contributed by atoms with Crippen molar-refractivity contribution in [1.29, 1.82) is 0 Å². The van der Waals surface area contributed by atoms with E-state index in [1.54, 1.807) is 54.5 Å². The van der Waals surface area contributed by atoms with Gasteiger partial charge in [0, 0.05) is 51.1 Å². The number of benzene rings is 1. The number of carbonyl (C=O) groups is 2. The Morgan fingerprint density at radius 1 is 1.12 bits per heavy atom. The van der Waals surface area contributed by atoms with Gasteiger partial charge in [0.15, 0.2) is 11.5 Å². The molecule has 1 unspecified atom stereocenters. The first kappa shape index (κ1) is 28.9. The van der Waals surface area contributed by atoms with E-state index in [-0.39, 0.29) is 17.5 Å². The van der Waals surface area contributed by atoms with E-state index >= 15 is 0 Å². The van der Waals surface area contributed by atoms with Gasteiger partial charge in [0.25, 0.3) is 0 Å². The molecule has 1 fully saturated rings. The minimum absolute atomic E-state index is 0.0832. The third-order valence-corrected chi connectivity index (χ3v) is 6.72. The van der Waals surface area contributed by atoms with Gasteiger partial charge in [0.05, 0.1) is 26.9 Å². The normalized spacial score (nSPS) is 15.1. The van der Waals surface area contributed by atoms with Gasteiger partial charge in [0.2, 0.25) is 11.9 Å². The number of halogens is 1. The average Bonchev–Trinajstić information content (AvgIpc) is 3.51. The monoisotopic (exact) mass is 571 g/mol. The zero-order valence-corrected chi connectivity index (χ0v) is 23.6. The van der Waals surface area contributed by atoms with Crippen molar-refractivity contribution in [3.8, 4) is 17.4 Å². The molecule has 2 amide bonds. The fourth-order valence-corrected chi connectivity index (χ4v) is 4.56. The summed E-state index contributed by atoms with van der Waals surface area (Å²) < 4.78 is 17.8. The van der Waals surface area contributed by atoms with E-state index in [1.165, 1.54) is 0 Å². The van der Waals surface area contributed by atoms with Crippen molar-refractivity contribution < 1.29 is 23.8 Å². The number of anilines is 1. The smallest absolute Gasteiger partial charge is 0.410 e. The van der Waals surface area contributed by atoms with Crippen LogP contribution in [0.4, 0.5) is 10.6 Å². The number of rotatable bonds is 11. The second kappa shape index (κ2) is 13.8. The zero-order valence-electron chi connectivity index (χ0n) is 22.9. The molecule has 1 aliphatic rings. The van der Waals surface area contributed by atoms with Gasteiger partial charge in [-0.3, -0.25) is 9.36 Å². The second-order valence-corrected chi connectivity index (χ2v) is 9.64. The van der Waals surface area contributed by atoms with Crippen LogP contribution in [0.3, 0.4) is 0 Å². The summed E-state index contributed by atoms with van der Waals surface area (Å²) in [5, 5.41) is 3.23. The van der Waals surface area contributed by atoms with E-state index in [0.29, 0.717) is 56.1 Å². The predicted octanol–water partition coefficient (Wildman–Crippen LogP) is 3.47. The molecule has 40 heavy (non-hydrogen) atoms. The fraction of sp³-hybridized carbons (Fsp3) is 0.444. The SMILES string of the molecule is CCCCOC(=O)N1CCN(c2cc(Cl)nc(-n3ccnc3)n2)CC1CC(=O)NCc1ccc(OC)c(OC)c1. The molecule has 12 nitrogen and oxygen atoms in total. The highest BCUT2D eigenvalue weighted by atomic mass is 35.5. The molecular formula is C27H34ClN7O5. The minimum atomic E-state index is -0.446. The van der Waals surface area contributed by atoms with E-state index in [1.807, 2.05) is 24.0 Å². The van der Waals surface area contributed by atoms with Crippen molar-refractivity contribution in [2.45, 2.75) is 38.8 Å². The fourth-order valence-electron chi connectivity index (χ4n) is 4.39. The molecule has 0 bridgehead atoms. The highest BCUT2D eigenvalue weighted by Gasteiger charge is 2.34. The standard InChI is InChI=1S/C27H34ClN7O5/c1-4-5-12-40-27(37)35-11-10-33(24-15-23(28)31-26(32-24)34-9-8-29-18-34)17-20(35)14-25(36)30-16-19-6-7-21(38-2)22(13-19)39-3/h6-9,13,15,18,20H,4-5,10-12,14,16-17H2,1-3H3,(H,30,36). The van der Waals surface area contributed by atoms with Crippen LogP contribution >= 0.6 is 11.6 Å². The van der Waals surface area contributed by atoms with Crippen LogP contribution in [0.1, 0.15) is 31.7 Å². The minimum Gasteiger partial charge on any atom is -0.493 e. The van der Waals surface area contributed by atoms with Crippen LogP contribution in [0.15, 0.2) is 43.0 Å². The Kier molecular flexibility index (Phi) is 10.0. The lowest BCUT2D eigenvalue weighted by atomic mass is 10.1. The first-order chi connectivity index (χ1) is 19.4. The Morgan fingerprint density at radius 3 is 2.67 bits per heavy atom. The van der Waals surface area contributed by atoms with Crippen LogP contribution in [0.5, 0.6) is 11.5 Å². The van der Waals surface area contributed by atoms with Gasteiger partial charge in [-0.15, -0.1) is 0 Å². The summed E-state index contributed by atoms with van der Waals surface area (Å²) in [5.41, 5.74) is 0.856. The summed E-state index contributed by atoms with van der Waals surface area (Å²) in [7, 11) is 3.13. The number of amides is 2. The number of imidazole rings is 1. The first-order valence-corrected chi connectivity index (χ1v) is 13.5. The van der Waals surface area contributed by atoms with Crippen molar-refractivity contribution in [3.63, 3.8) is 0 Å². The highest BCUT2D eigenvalue weighted by molar-refractivity contribution is 6.29.